The lowest BCUT2D eigenvalue weighted by Gasteiger charge is -2.69. The van der Waals surface area contributed by atoms with E-state index < -0.39 is 5.97 Å². The van der Waals surface area contributed by atoms with E-state index in [1.54, 1.807) is 12.3 Å². The SMILES string of the molecule is CCCNCCOC12CC3(C)CC(C)(CC(Cn4ncc(-c5ccc(-c6ccc7cccc(C(=O)Nc8nc9ccccc9s8)c7c6)nc5C(=O)O)c4C)(C3)C1)C2. The highest BCUT2D eigenvalue weighted by atomic mass is 32.1. The number of hydrogen-bond donors (Lipinski definition) is 3. The monoisotopic (exact) mass is 782 g/mol. The minimum Gasteiger partial charge on any atom is -0.476 e. The number of ether oxygens (including phenoxy) is 1. The molecule has 11 heteroatoms. The molecule has 1 amide bonds. The number of carboxylic acids is 1. The maximum Gasteiger partial charge on any atom is 0.355 e. The van der Waals surface area contributed by atoms with Crippen molar-refractivity contribution in [2.45, 2.75) is 84.8 Å². The molecule has 0 saturated heterocycles. The van der Waals surface area contributed by atoms with E-state index >= 15 is 0 Å². The minimum absolute atomic E-state index is 0.0315. The molecular weight excluding hydrogens is 733 g/mol. The number of carbonyl (C=O) groups is 2. The summed E-state index contributed by atoms with van der Waals surface area (Å²) in [4.78, 5) is 35.8. The fourth-order valence-corrected chi connectivity index (χ4v) is 12.6. The summed E-state index contributed by atoms with van der Waals surface area (Å²) in [5.41, 5.74) is 5.16. The first-order chi connectivity index (χ1) is 27.4. The Hall–Kier alpha value is -4.97. The van der Waals surface area contributed by atoms with Crippen LogP contribution >= 0.6 is 11.3 Å². The lowest BCUT2D eigenvalue weighted by atomic mass is 9.39. The van der Waals surface area contributed by atoms with Crippen LogP contribution in [0.1, 0.15) is 92.3 Å². The number of carbonyl (C=O) groups excluding carboxylic acids is 1. The van der Waals surface area contributed by atoms with Crippen LogP contribution in [0.15, 0.2) is 79.0 Å². The van der Waals surface area contributed by atoms with Crippen molar-refractivity contribution < 1.29 is 19.4 Å². The number of benzene rings is 3. The predicted octanol–water partition coefficient (Wildman–Crippen LogP) is 9.77. The fourth-order valence-electron chi connectivity index (χ4n) is 11.7. The van der Waals surface area contributed by atoms with Crippen LogP contribution in [0.3, 0.4) is 0 Å². The summed E-state index contributed by atoms with van der Waals surface area (Å²) in [6.07, 6.45) is 9.72. The van der Waals surface area contributed by atoms with Crippen molar-refractivity contribution in [2.24, 2.45) is 16.2 Å². The quantitative estimate of drug-likeness (QED) is 0.0988. The molecule has 0 radical (unpaired) electrons. The molecule has 3 N–H and O–H groups in total. The van der Waals surface area contributed by atoms with Gasteiger partial charge in [-0.1, -0.05) is 68.5 Å². The second-order valence-electron chi connectivity index (χ2n) is 17.8. The van der Waals surface area contributed by atoms with E-state index in [1.807, 2.05) is 73.7 Å². The van der Waals surface area contributed by atoms with Crippen molar-refractivity contribution >= 4 is 49.3 Å². The number of thiazole rings is 1. The van der Waals surface area contributed by atoms with Crippen molar-refractivity contribution in [3.05, 3.63) is 95.9 Å². The van der Waals surface area contributed by atoms with Crippen molar-refractivity contribution in [3.8, 4) is 22.4 Å². The van der Waals surface area contributed by atoms with Gasteiger partial charge in [0.05, 0.1) is 34.3 Å². The zero-order valence-electron chi connectivity index (χ0n) is 33.2. The number of nitrogens with one attached hydrogen (secondary N) is 2. The van der Waals surface area contributed by atoms with Crippen molar-refractivity contribution in [1.82, 2.24) is 25.1 Å². The zero-order chi connectivity index (χ0) is 39.6. The Kier molecular flexibility index (Phi) is 9.33. The highest BCUT2D eigenvalue weighted by Crippen LogP contribution is 2.72. The van der Waals surface area contributed by atoms with Gasteiger partial charge in [0.15, 0.2) is 10.8 Å². The molecule has 3 aromatic heterocycles. The highest BCUT2D eigenvalue weighted by Gasteiger charge is 2.66. The van der Waals surface area contributed by atoms with E-state index in [0.29, 0.717) is 27.5 Å². The van der Waals surface area contributed by atoms with Crippen LogP contribution in [-0.2, 0) is 11.3 Å². The molecule has 0 spiro atoms. The molecule has 6 aromatic rings. The summed E-state index contributed by atoms with van der Waals surface area (Å²) in [6.45, 7) is 12.6. The second-order valence-corrected chi connectivity index (χ2v) is 18.9. The van der Waals surface area contributed by atoms with E-state index in [4.69, 9.17) is 14.8 Å². The Morgan fingerprint density at radius 3 is 2.47 bits per heavy atom. The van der Waals surface area contributed by atoms with Crippen LogP contribution in [0.2, 0.25) is 0 Å². The van der Waals surface area contributed by atoms with Crippen LogP contribution in [0.5, 0.6) is 0 Å². The van der Waals surface area contributed by atoms with Gasteiger partial charge in [0.25, 0.3) is 5.91 Å². The predicted molar refractivity (Wildman–Crippen MR) is 226 cm³/mol. The van der Waals surface area contributed by atoms with E-state index in [0.717, 1.165) is 97.0 Å². The van der Waals surface area contributed by atoms with Gasteiger partial charge in [-0.05, 0) is 122 Å². The van der Waals surface area contributed by atoms with E-state index in [2.05, 4.69) is 41.1 Å². The molecule has 4 saturated carbocycles. The Morgan fingerprint density at radius 1 is 0.895 bits per heavy atom. The maximum atomic E-state index is 13.6. The summed E-state index contributed by atoms with van der Waals surface area (Å²) >= 11 is 1.43. The maximum absolute atomic E-state index is 13.6. The number of aromatic nitrogens is 4. The fraction of sp³-hybridized carbons (Fsp3) is 0.413. The smallest absolute Gasteiger partial charge is 0.355 e. The van der Waals surface area contributed by atoms with Crippen molar-refractivity contribution in [3.63, 3.8) is 0 Å². The molecule has 3 heterocycles. The third kappa shape index (κ3) is 7.04. The van der Waals surface area contributed by atoms with Crippen molar-refractivity contribution in [1.29, 1.82) is 0 Å². The Labute approximate surface area is 337 Å². The molecule has 57 heavy (non-hydrogen) atoms. The van der Waals surface area contributed by atoms with Crippen LogP contribution in [0.25, 0.3) is 43.4 Å². The Bertz CT molecular complexity index is 2490. The van der Waals surface area contributed by atoms with Gasteiger partial charge in [-0.3, -0.25) is 14.8 Å². The topological polar surface area (TPSA) is 131 Å². The number of fused-ring (bicyclic) bond motifs is 2. The van der Waals surface area contributed by atoms with Gasteiger partial charge in [-0.25, -0.2) is 14.8 Å². The zero-order valence-corrected chi connectivity index (χ0v) is 34.0. The number of carboxylic acid groups (broad SMARTS) is 1. The van der Waals surface area contributed by atoms with Gasteiger partial charge in [-0.15, -0.1) is 0 Å². The first kappa shape index (κ1) is 37.6. The molecule has 4 aliphatic carbocycles. The normalized spacial score (nSPS) is 25.1. The molecule has 0 aliphatic heterocycles. The van der Waals surface area contributed by atoms with Crippen LogP contribution in [-0.4, -0.2) is 62.0 Å². The van der Waals surface area contributed by atoms with Gasteiger partial charge >= 0.3 is 5.97 Å². The third-order valence-electron chi connectivity index (χ3n) is 12.7. The lowest BCUT2D eigenvalue weighted by Crippen LogP contribution is -2.64. The molecule has 4 fully saturated rings. The van der Waals surface area contributed by atoms with Gasteiger partial charge in [0, 0.05) is 41.0 Å². The van der Waals surface area contributed by atoms with Gasteiger partial charge < -0.3 is 15.2 Å². The van der Waals surface area contributed by atoms with Crippen LogP contribution < -0.4 is 10.6 Å². The number of para-hydroxylation sites is 1. The molecule has 10 rings (SSSR count). The molecule has 4 aliphatic rings. The molecular formula is C46H50N6O4S. The first-order valence-electron chi connectivity index (χ1n) is 20.2. The molecule has 2 atom stereocenters. The Balaban J connectivity index is 0.986. The Morgan fingerprint density at radius 2 is 1.70 bits per heavy atom. The molecule has 4 bridgehead atoms. The average molecular weight is 783 g/mol. The van der Waals surface area contributed by atoms with Gasteiger partial charge in [0.2, 0.25) is 0 Å². The summed E-state index contributed by atoms with van der Waals surface area (Å²) in [5.74, 6) is -1.37. The molecule has 10 nitrogen and oxygen atoms in total. The summed E-state index contributed by atoms with van der Waals surface area (Å²) in [7, 11) is 0. The molecule has 294 valence electrons. The molecule has 3 aromatic carbocycles. The van der Waals surface area contributed by atoms with Crippen LogP contribution in [0.4, 0.5) is 5.13 Å². The van der Waals surface area contributed by atoms with Gasteiger partial charge in [0.1, 0.15) is 0 Å². The van der Waals surface area contributed by atoms with Crippen molar-refractivity contribution in [2.75, 3.05) is 25.0 Å². The summed E-state index contributed by atoms with van der Waals surface area (Å²) < 4.78 is 9.97. The molecule has 2 unspecified atom stereocenters. The van der Waals surface area contributed by atoms with E-state index in [9.17, 15) is 14.7 Å². The number of rotatable bonds is 13. The third-order valence-corrected chi connectivity index (χ3v) is 13.6. The summed E-state index contributed by atoms with van der Waals surface area (Å²) in [5, 5.41) is 24.1. The average Bonchev–Trinajstić information content (AvgIpc) is 3.74. The van der Waals surface area contributed by atoms with E-state index in [1.165, 1.54) is 17.8 Å². The number of hydrogen-bond acceptors (Lipinski definition) is 8. The van der Waals surface area contributed by atoms with Gasteiger partial charge in [-0.2, -0.15) is 5.10 Å². The summed E-state index contributed by atoms with van der Waals surface area (Å²) in [6, 6.07) is 22.8. The number of amides is 1. The number of pyridine rings is 1. The number of nitrogens with zero attached hydrogens (tertiary/aromatic N) is 4. The number of anilines is 1. The standard InChI is InChI=1S/C46H50N6O4S/c1-5-17-47-18-19-56-46-25-43(3)22-44(4,26-46)24-45(23-43,27-46)28-52-29(2)35(21-48-52)32-15-16-36(49-39(32)41(54)55)31-14-13-30-9-8-10-33(34(30)20-31)40(53)51-42-50-37-11-6-7-12-38(37)57-42/h6-16,20-21,47H,5,17-19,22-28H2,1-4H3,(H,54,55)(H,50,51,53). The second kappa shape index (κ2) is 14.1. The highest BCUT2D eigenvalue weighted by molar-refractivity contribution is 7.22. The lowest BCUT2D eigenvalue weighted by molar-refractivity contribution is -0.247. The number of aromatic carboxylic acids is 1. The largest absolute Gasteiger partial charge is 0.476 e. The van der Waals surface area contributed by atoms with Crippen LogP contribution in [0, 0.1) is 23.2 Å². The van der Waals surface area contributed by atoms with E-state index in [-0.39, 0.29) is 33.4 Å². The first-order valence-corrected chi connectivity index (χ1v) is 21.0. The minimum atomic E-state index is -1.11.